The molecule has 2 rings (SSSR count). The molecule has 0 saturated carbocycles. The summed E-state index contributed by atoms with van der Waals surface area (Å²) in [5, 5.41) is 3.94. The van der Waals surface area contributed by atoms with Crippen LogP contribution < -0.4 is 5.32 Å². The van der Waals surface area contributed by atoms with Crippen molar-refractivity contribution in [1.82, 2.24) is 4.98 Å². The maximum Gasteiger partial charge on any atom is 0.229 e. The Balaban J connectivity index is 2.43. The molecule has 94 valence electrons. The molecule has 1 heterocycles. The first kappa shape index (κ1) is 12.6. The predicted molar refractivity (Wildman–Crippen MR) is 74.6 cm³/mol. The van der Waals surface area contributed by atoms with Crippen molar-refractivity contribution in [2.75, 3.05) is 5.32 Å². The number of fused-ring (bicyclic) bond motifs is 1. The van der Waals surface area contributed by atoms with E-state index in [9.17, 15) is 4.79 Å². The monoisotopic (exact) mass is 242 g/mol. The summed E-state index contributed by atoms with van der Waals surface area (Å²) in [6.07, 6.45) is 0. The van der Waals surface area contributed by atoms with Crippen LogP contribution in [0.4, 0.5) is 5.69 Å². The highest BCUT2D eigenvalue weighted by Crippen LogP contribution is 2.24. The van der Waals surface area contributed by atoms with Gasteiger partial charge in [-0.15, -0.1) is 0 Å². The van der Waals surface area contributed by atoms with E-state index >= 15 is 0 Å². The van der Waals surface area contributed by atoms with Crippen LogP contribution in [-0.4, -0.2) is 10.9 Å². The molecule has 1 aromatic carbocycles. The van der Waals surface area contributed by atoms with Crippen LogP contribution in [-0.2, 0) is 4.79 Å². The number of rotatable bonds is 1. The number of amides is 1. The molecule has 0 aliphatic heterocycles. The van der Waals surface area contributed by atoms with Gasteiger partial charge in [0.15, 0.2) is 0 Å². The molecule has 1 N–H and O–H groups in total. The summed E-state index contributed by atoms with van der Waals surface area (Å²) in [6.45, 7) is 7.65. The molecule has 0 aliphatic carbocycles. The molecule has 0 bridgehead atoms. The van der Waals surface area contributed by atoms with Crippen molar-refractivity contribution < 1.29 is 4.79 Å². The average molecular weight is 242 g/mol. The van der Waals surface area contributed by atoms with Crippen molar-refractivity contribution >= 4 is 22.5 Å². The van der Waals surface area contributed by atoms with Crippen molar-refractivity contribution in [3.8, 4) is 0 Å². The smallest absolute Gasteiger partial charge is 0.229 e. The van der Waals surface area contributed by atoms with Crippen LogP contribution in [0.1, 0.15) is 26.5 Å². The van der Waals surface area contributed by atoms with Gasteiger partial charge in [0.2, 0.25) is 5.91 Å². The molecule has 3 heteroatoms. The Morgan fingerprint density at radius 3 is 2.56 bits per heavy atom. The minimum atomic E-state index is -0.402. The summed E-state index contributed by atoms with van der Waals surface area (Å²) in [7, 11) is 0. The molecular formula is C15H18N2O. The lowest BCUT2D eigenvalue weighted by Crippen LogP contribution is -2.27. The molecule has 0 aliphatic rings. The second-order valence-corrected chi connectivity index (χ2v) is 5.53. The number of pyridine rings is 1. The van der Waals surface area contributed by atoms with Gasteiger partial charge in [-0.25, -0.2) is 0 Å². The molecule has 1 aromatic heterocycles. The fraction of sp³-hybridized carbons (Fsp3) is 0.333. The van der Waals surface area contributed by atoms with Crippen LogP contribution in [0.5, 0.6) is 0 Å². The van der Waals surface area contributed by atoms with Crippen molar-refractivity contribution in [2.24, 2.45) is 5.41 Å². The lowest BCUT2D eigenvalue weighted by Gasteiger charge is -2.18. The minimum absolute atomic E-state index is 0.00979. The maximum absolute atomic E-state index is 12.0. The number of nitrogens with one attached hydrogen (secondary N) is 1. The van der Waals surface area contributed by atoms with Crippen molar-refractivity contribution in [2.45, 2.75) is 27.7 Å². The highest BCUT2D eigenvalue weighted by Gasteiger charge is 2.21. The van der Waals surface area contributed by atoms with E-state index in [1.165, 1.54) is 0 Å². The third-order valence-electron chi connectivity index (χ3n) is 2.80. The lowest BCUT2D eigenvalue weighted by atomic mass is 9.95. The minimum Gasteiger partial charge on any atom is -0.325 e. The molecule has 0 spiro atoms. The van der Waals surface area contributed by atoms with Crippen LogP contribution >= 0.6 is 0 Å². The third kappa shape index (κ3) is 2.50. The van der Waals surface area contributed by atoms with E-state index in [2.05, 4.69) is 10.3 Å². The topological polar surface area (TPSA) is 42.0 Å². The van der Waals surface area contributed by atoms with E-state index in [1.807, 2.05) is 58.0 Å². The van der Waals surface area contributed by atoms with E-state index < -0.39 is 5.41 Å². The van der Waals surface area contributed by atoms with Crippen molar-refractivity contribution in [3.05, 3.63) is 36.0 Å². The van der Waals surface area contributed by atoms with Crippen LogP contribution in [0.3, 0.4) is 0 Å². The summed E-state index contributed by atoms with van der Waals surface area (Å²) < 4.78 is 0. The number of carbonyl (C=O) groups is 1. The first-order valence-electron chi connectivity index (χ1n) is 6.06. The number of carbonyl (C=O) groups excluding carboxylic acids is 1. The lowest BCUT2D eigenvalue weighted by molar-refractivity contribution is -0.123. The number of hydrogen-bond acceptors (Lipinski definition) is 2. The molecule has 0 fully saturated rings. The second-order valence-electron chi connectivity index (χ2n) is 5.53. The largest absolute Gasteiger partial charge is 0.325 e. The SMILES string of the molecule is Cc1ccc2c(NC(=O)C(C)(C)C)cccc2n1. The zero-order valence-corrected chi connectivity index (χ0v) is 11.2. The molecule has 0 saturated heterocycles. The Morgan fingerprint density at radius 1 is 1.17 bits per heavy atom. The number of aryl methyl sites for hydroxylation is 1. The zero-order chi connectivity index (χ0) is 13.3. The van der Waals surface area contributed by atoms with E-state index in [1.54, 1.807) is 0 Å². The van der Waals surface area contributed by atoms with Gasteiger partial charge in [0.05, 0.1) is 11.2 Å². The molecule has 0 unspecified atom stereocenters. The zero-order valence-electron chi connectivity index (χ0n) is 11.2. The van der Waals surface area contributed by atoms with Gasteiger partial charge in [-0.05, 0) is 31.2 Å². The Morgan fingerprint density at radius 2 is 1.89 bits per heavy atom. The van der Waals surface area contributed by atoms with Gasteiger partial charge in [0.1, 0.15) is 0 Å². The fourth-order valence-electron chi connectivity index (χ4n) is 1.68. The number of aromatic nitrogens is 1. The van der Waals surface area contributed by atoms with Gasteiger partial charge in [0, 0.05) is 16.5 Å². The molecule has 2 aromatic rings. The van der Waals surface area contributed by atoms with Crippen LogP contribution in [0.15, 0.2) is 30.3 Å². The Hall–Kier alpha value is -1.90. The van der Waals surface area contributed by atoms with Crippen molar-refractivity contribution in [3.63, 3.8) is 0 Å². The molecule has 0 atom stereocenters. The summed E-state index contributed by atoms with van der Waals surface area (Å²) in [4.78, 5) is 16.5. The van der Waals surface area contributed by atoms with Crippen LogP contribution in [0, 0.1) is 12.3 Å². The Labute approximate surface area is 107 Å². The standard InChI is InChI=1S/C15H18N2O/c1-10-8-9-11-12(16-10)6-5-7-13(11)17-14(18)15(2,3)4/h5-9H,1-4H3,(H,17,18). The van der Waals surface area contributed by atoms with Gasteiger partial charge < -0.3 is 5.32 Å². The number of anilines is 1. The van der Waals surface area contributed by atoms with E-state index in [-0.39, 0.29) is 5.91 Å². The molecule has 3 nitrogen and oxygen atoms in total. The maximum atomic E-state index is 12.0. The summed E-state index contributed by atoms with van der Waals surface area (Å²) in [5.41, 5.74) is 2.30. The first-order valence-corrected chi connectivity index (χ1v) is 6.06. The molecular weight excluding hydrogens is 224 g/mol. The average Bonchev–Trinajstić information content (AvgIpc) is 2.27. The van der Waals surface area contributed by atoms with E-state index in [4.69, 9.17) is 0 Å². The second kappa shape index (κ2) is 4.41. The fourth-order valence-corrected chi connectivity index (χ4v) is 1.68. The van der Waals surface area contributed by atoms with E-state index in [0.29, 0.717) is 0 Å². The Bertz CT molecular complexity index is 597. The summed E-state index contributed by atoms with van der Waals surface area (Å²) in [5.74, 6) is 0.00979. The van der Waals surface area contributed by atoms with Gasteiger partial charge in [0.25, 0.3) is 0 Å². The molecule has 18 heavy (non-hydrogen) atoms. The van der Waals surface area contributed by atoms with Crippen molar-refractivity contribution in [1.29, 1.82) is 0 Å². The summed E-state index contributed by atoms with van der Waals surface area (Å²) >= 11 is 0. The normalized spacial score (nSPS) is 11.6. The highest BCUT2D eigenvalue weighted by atomic mass is 16.2. The molecule has 0 radical (unpaired) electrons. The van der Waals surface area contributed by atoms with Gasteiger partial charge in [-0.1, -0.05) is 26.8 Å². The number of nitrogens with zero attached hydrogens (tertiary/aromatic N) is 1. The quantitative estimate of drug-likeness (QED) is 0.831. The Kier molecular flexibility index (Phi) is 3.07. The predicted octanol–water partition coefficient (Wildman–Crippen LogP) is 3.53. The highest BCUT2D eigenvalue weighted by molar-refractivity contribution is 6.02. The molecule has 1 amide bonds. The summed E-state index contributed by atoms with van der Waals surface area (Å²) in [6, 6.07) is 9.72. The van der Waals surface area contributed by atoms with Crippen LogP contribution in [0.2, 0.25) is 0 Å². The van der Waals surface area contributed by atoms with Crippen LogP contribution in [0.25, 0.3) is 10.9 Å². The first-order chi connectivity index (χ1) is 8.38. The third-order valence-corrected chi connectivity index (χ3v) is 2.80. The van der Waals surface area contributed by atoms with Gasteiger partial charge in [-0.2, -0.15) is 0 Å². The number of hydrogen-bond donors (Lipinski definition) is 1. The van der Waals surface area contributed by atoms with Gasteiger partial charge >= 0.3 is 0 Å². The number of benzene rings is 1. The van der Waals surface area contributed by atoms with E-state index in [0.717, 1.165) is 22.3 Å². The van der Waals surface area contributed by atoms with Gasteiger partial charge in [-0.3, -0.25) is 9.78 Å².